The van der Waals surface area contributed by atoms with Crippen LogP contribution in [0.1, 0.15) is 12.5 Å². The molecule has 1 aromatic carbocycles. The summed E-state index contributed by atoms with van der Waals surface area (Å²) in [7, 11) is 0. The minimum absolute atomic E-state index is 0.0282. The van der Waals surface area contributed by atoms with E-state index in [0.29, 0.717) is 18.8 Å². The molecule has 0 amide bonds. The van der Waals surface area contributed by atoms with Crippen LogP contribution in [0.15, 0.2) is 34.9 Å². The van der Waals surface area contributed by atoms with Gasteiger partial charge in [0, 0.05) is 30.0 Å². The fourth-order valence-electron chi connectivity index (χ4n) is 2.27. The first kappa shape index (κ1) is 15.4. The first-order valence-electron chi connectivity index (χ1n) is 7.13. The highest BCUT2D eigenvalue weighted by Crippen LogP contribution is 2.31. The Hall–Kier alpha value is -1.98. The summed E-state index contributed by atoms with van der Waals surface area (Å²) in [6.07, 6.45) is 2.64. The predicted octanol–water partition coefficient (Wildman–Crippen LogP) is 1.88. The van der Waals surface area contributed by atoms with Gasteiger partial charge in [-0.15, -0.1) is 0 Å². The number of nitrogens with zero attached hydrogens (tertiary/aromatic N) is 1. The average molecular weight is 290 g/mol. The van der Waals surface area contributed by atoms with Gasteiger partial charge in [-0.1, -0.05) is 6.92 Å². The lowest BCUT2D eigenvalue weighted by Crippen LogP contribution is -2.29. The summed E-state index contributed by atoms with van der Waals surface area (Å²) in [4.78, 5) is 1.91. The van der Waals surface area contributed by atoms with Crippen molar-refractivity contribution < 1.29 is 14.6 Å². The maximum atomic E-state index is 9.13. The highest BCUT2D eigenvalue weighted by atomic mass is 16.3. The predicted molar refractivity (Wildman–Crippen MR) is 84.3 cm³/mol. The van der Waals surface area contributed by atoms with Crippen molar-refractivity contribution in [3.63, 3.8) is 0 Å². The van der Waals surface area contributed by atoms with Crippen molar-refractivity contribution in [1.29, 1.82) is 0 Å². The fraction of sp³-hybridized carbons (Fsp3) is 0.375. The maximum absolute atomic E-state index is 9.13. The smallest absolute Gasteiger partial charge is 0.136 e. The van der Waals surface area contributed by atoms with E-state index < -0.39 is 0 Å². The molecule has 4 N–H and O–H groups in total. The highest BCUT2D eigenvalue weighted by molar-refractivity contribution is 5.77. The molecule has 2 aromatic rings. The van der Waals surface area contributed by atoms with Gasteiger partial charge in [0.2, 0.25) is 0 Å². The zero-order chi connectivity index (χ0) is 15.2. The number of furan rings is 1. The van der Waals surface area contributed by atoms with E-state index in [-0.39, 0.29) is 13.2 Å². The van der Waals surface area contributed by atoms with Crippen molar-refractivity contribution in [1.82, 2.24) is 0 Å². The summed E-state index contributed by atoms with van der Waals surface area (Å²) in [5, 5.41) is 18.3. The van der Waals surface area contributed by atoms with Crippen LogP contribution in [-0.4, -0.2) is 36.5 Å². The van der Waals surface area contributed by atoms with Crippen LogP contribution in [-0.2, 0) is 6.42 Å². The van der Waals surface area contributed by atoms with Crippen molar-refractivity contribution >= 4 is 11.4 Å². The molecule has 1 heterocycles. The van der Waals surface area contributed by atoms with Crippen LogP contribution in [0.4, 0.5) is 11.4 Å². The normalized spacial score (nSPS) is 10.8. The molecule has 0 aliphatic rings. The number of aliphatic hydroxyl groups is 2. The molecule has 0 fully saturated rings. The van der Waals surface area contributed by atoms with Crippen LogP contribution in [0.5, 0.6) is 0 Å². The van der Waals surface area contributed by atoms with Gasteiger partial charge in [0.25, 0.3) is 0 Å². The summed E-state index contributed by atoms with van der Waals surface area (Å²) in [6.45, 7) is 3.05. The van der Waals surface area contributed by atoms with Gasteiger partial charge in [-0.2, -0.15) is 0 Å². The average Bonchev–Trinajstić information content (AvgIpc) is 2.96. The van der Waals surface area contributed by atoms with Crippen LogP contribution >= 0.6 is 0 Å². The molecular formula is C16H22N2O3. The molecule has 5 heteroatoms. The van der Waals surface area contributed by atoms with Crippen LogP contribution in [0.2, 0.25) is 0 Å². The van der Waals surface area contributed by atoms with E-state index in [1.54, 1.807) is 6.26 Å². The van der Waals surface area contributed by atoms with Crippen molar-refractivity contribution in [3.8, 4) is 11.3 Å². The summed E-state index contributed by atoms with van der Waals surface area (Å²) >= 11 is 0. The molecule has 0 saturated heterocycles. The van der Waals surface area contributed by atoms with Crippen LogP contribution in [0.3, 0.4) is 0 Å². The third kappa shape index (κ3) is 3.56. The molecule has 0 spiro atoms. The van der Waals surface area contributed by atoms with Gasteiger partial charge < -0.3 is 25.3 Å². The molecule has 0 aliphatic carbocycles. The molecule has 0 saturated carbocycles. The van der Waals surface area contributed by atoms with E-state index in [4.69, 9.17) is 20.4 Å². The Morgan fingerprint density at radius 3 is 2.43 bits per heavy atom. The number of hydrogen-bond acceptors (Lipinski definition) is 5. The third-order valence-electron chi connectivity index (χ3n) is 3.47. The van der Waals surface area contributed by atoms with Crippen molar-refractivity contribution in [2.75, 3.05) is 36.9 Å². The van der Waals surface area contributed by atoms with Gasteiger partial charge in [0.1, 0.15) is 5.76 Å². The number of aryl methyl sites for hydroxylation is 1. The Kier molecular flexibility index (Phi) is 5.25. The first-order valence-corrected chi connectivity index (χ1v) is 7.13. The number of benzene rings is 1. The summed E-state index contributed by atoms with van der Waals surface area (Å²) < 4.78 is 5.58. The molecule has 0 atom stereocenters. The van der Waals surface area contributed by atoms with Gasteiger partial charge >= 0.3 is 0 Å². The number of anilines is 2. The van der Waals surface area contributed by atoms with Gasteiger partial charge in [-0.05, 0) is 36.2 Å². The lowest BCUT2D eigenvalue weighted by Gasteiger charge is -2.23. The van der Waals surface area contributed by atoms with E-state index in [9.17, 15) is 0 Å². The minimum atomic E-state index is 0.0282. The summed E-state index contributed by atoms with van der Waals surface area (Å²) in [5.74, 6) is 0.735. The SMILES string of the molecule is CCc1coc(-c2cc(N(CCO)CCO)ccc2N)c1. The number of aliphatic hydroxyl groups excluding tert-OH is 2. The maximum Gasteiger partial charge on any atom is 0.136 e. The van der Waals surface area contributed by atoms with Crippen molar-refractivity contribution in [3.05, 3.63) is 36.1 Å². The van der Waals surface area contributed by atoms with Crippen molar-refractivity contribution in [2.45, 2.75) is 13.3 Å². The standard InChI is InChI=1S/C16H22N2O3/c1-2-12-9-16(21-11-12)14-10-13(3-4-15(14)17)18(5-7-19)6-8-20/h3-4,9-11,19-20H,2,5-8,17H2,1H3. The highest BCUT2D eigenvalue weighted by Gasteiger charge is 2.12. The van der Waals surface area contributed by atoms with E-state index >= 15 is 0 Å². The zero-order valence-corrected chi connectivity index (χ0v) is 12.2. The Bertz CT molecular complexity index is 575. The molecule has 0 aliphatic heterocycles. The number of rotatable bonds is 7. The first-order chi connectivity index (χ1) is 10.2. The Morgan fingerprint density at radius 1 is 1.14 bits per heavy atom. The number of hydrogen-bond donors (Lipinski definition) is 3. The largest absolute Gasteiger partial charge is 0.464 e. The summed E-state index contributed by atoms with van der Waals surface area (Å²) in [6, 6.07) is 7.62. The van der Waals surface area contributed by atoms with Gasteiger partial charge in [-0.3, -0.25) is 0 Å². The summed E-state index contributed by atoms with van der Waals surface area (Å²) in [5.41, 5.74) is 9.53. The molecule has 114 valence electrons. The fourth-order valence-corrected chi connectivity index (χ4v) is 2.27. The molecule has 0 bridgehead atoms. The Morgan fingerprint density at radius 2 is 1.86 bits per heavy atom. The second-order valence-electron chi connectivity index (χ2n) is 4.88. The molecule has 2 rings (SSSR count). The second-order valence-corrected chi connectivity index (χ2v) is 4.88. The van der Waals surface area contributed by atoms with Crippen LogP contribution in [0.25, 0.3) is 11.3 Å². The molecular weight excluding hydrogens is 268 g/mol. The molecule has 21 heavy (non-hydrogen) atoms. The van der Waals surface area contributed by atoms with E-state index in [2.05, 4.69) is 6.92 Å². The quantitative estimate of drug-likeness (QED) is 0.678. The van der Waals surface area contributed by atoms with Crippen LogP contribution in [0, 0.1) is 0 Å². The monoisotopic (exact) mass is 290 g/mol. The van der Waals surface area contributed by atoms with Gasteiger partial charge in [0.15, 0.2) is 0 Å². The zero-order valence-electron chi connectivity index (χ0n) is 12.2. The molecule has 5 nitrogen and oxygen atoms in total. The van der Waals surface area contributed by atoms with Crippen molar-refractivity contribution in [2.24, 2.45) is 0 Å². The Balaban J connectivity index is 2.35. The molecule has 1 aromatic heterocycles. The van der Waals surface area contributed by atoms with Gasteiger partial charge in [-0.25, -0.2) is 0 Å². The molecule has 0 radical (unpaired) electrons. The van der Waals surface area contributed by atoms with E-state index in [0.717, 1.165) is 29.0 Å². The lowest BCUT2D eigenvalue weighted by molar-refractivity contribution is 0.281. The lowest BCUT2D eigenvalue weighted by atomic mass is 10.1. The topological polar surface area (TPSA) is 82.9 Å². The van der Waals surface area contributed by atoms with Gasteiger partial charge in [0.05, 0.1) is 19.5 Å². The number of nitrogen functional groups attached to an aromatic ring is 1. The number of nitrogens with two attached hydrogens (primary N) is 1. The van der Waals surface area contributed by atoms with E-state index in [1.165, 1.54) is 0 Å². The third-order valence-corrected chi connectivity index (χ3v) is 3.47. The van der Waals surface area contributed by atoms with E-state index in [1.807, 2.05) is 29.2 Å². The minimum Gasteiger partial charge on any atom is -0.464 e. The Labute approximate surface area is 124 Å². The molecule has 0 unspecified atom stereocenters. The second kappa shape index (κ2) is 7.15. The van der Waals surface area contributed by atoms with Crippen LogP contribution < -0.4 is 10.6 Å².